The Balaban J connectivity index is 1.65. The monoisotopic (exact) mass is 381 g/mol. The summed E-state index contributed by atoms with van der Waals surface area (Å²) in [5.41, 5.74) is 1.09. The van der Waals surface area contributed by atoms with Gasteiger partial charge in [-0.15, -0.1) is 0 Å². The molecule has 2 aliphatic heterocycles. The third-order valence-corrected chi connectivity index (χ3v) is 5.29. The molecule has 1 atom stereocenters. The van der Waals surface area contributed by atoms with Crippen LogP contribution >= 0.6 is 0 Å². The predicted octanol–water partition coefficient (Wildman–Crippen LogP) is 2.51. The van der Waals surface area contributed by atoms with Crippen molar-refractivity contribution in [2.45, 2.75) is 18.9 Å². The van der Waals surface area contributed by atoms with Gasteiger partial charge in [-0.3, -0.25) is 4.90 Å². The fraction of sp³-hybridized carbons (Fsp3) is 0.381. The first-order valence-corrected chi connectivity index (χ1v) is 9.48. The number of hydrogen-bond donors (Lipinski definition) is 0. The van der Waals surface area contributed by atoms with Crippen LogP contribution < -0.4 is 4.90 Å². The van der Waals surface area contributed by atoms with Gasteiger partial charge in [-0.1, -0.05) is 30.3 Å². The van der Waals surface area contributed by atoms with E-state index in [9.17, 15) is 9.59 Å². The van der Waals surface area contributed by atoms with Crippen LogP contribution in [0.4, 0.5) is 10.6 Å². The van der Waals surface area contributed by atoms with Crippen molar-refractivity contribution in [3.63, 3.8) is 0 Å². The smallest absolute Gasteiger partial charge is 0.410 e. The van der Waals surface area contributed by atoms with E-state index in [1.54, 1.807) is 25.3 Å². The molecule has 0 radical (unpaired) electrons. The first-order valence-electron chi connectivity index (χ1n) is 9.48. The summed E-state index contributed by atoms with van der Waals surface area (Å²) < 4.78 is 10.6. The van der Waals surface area contributed by atoms with Crippen LogP contribution in [0.3, 0.4) is 0 Å². The number of cyclic esters (lactones) is 1. The number of benzene rings is 1. The van der Waals surface area contributed by atoms with E-state index in [0.717, 1.165) is 5.56 Å². The Labute approximate surface area is 163 Å². The Bertz CT molecular complexity index is 873. The molecule has 2 saturated heterocycles. The van der Waals surface area contributed by atoms with E-state index in [2.05, 4.69) is 22.0 Å². The lowest BCUT2D eigenvalue weighted by Crippen LogP contribution is -2.63. The van der Waals surface area contributed by atoms with Crippen LogP contribution in [0.5, 0.6) is 0 Å². The van der Waals surface area contributed by atoms with E-state index in [-0.39, 0.29) is 12.1 Å². The summed E-state index contributed by atoms with van der Waals surface area (Å²) in [6.07, 6.45) is 2.07. The average Bonchev–Trinajstić information content (AvgIpc) is 3.04. The van der Waals surface area contributed by atoms with Crippen LogP contribution in [0.25, 0.3) is 0 Å². The molecule has 1 aromatic carbocycles. The molecule has 2 aliphatic rings. The molecule has 0 spiro atoms. The van der Waals surface area contributed by atoms with Gasteiger partial charge in [0.25, 0.3) is 0 Å². The molecule has 28 heavy (non-hydrogen) atoms. The summed E-state index contributed by atoms with van der Waals surface area (Å²) >= 11 is 0. The summed E-state index contributed by atoms with van der Waals surface area (Å²) in [6, 6.07) is 13.5. The first kappa shape index (κ1) is 18.3. The summed E-state index contributed by atoms with van der Waals surface area (Å²) in [4.78, 5) is 33.0. The minimum Gasteiger partial charge on any atom is -0.462 e. The van der Waals surface area contributed by atoms with Crippen LogP contribution in [0.15, 0.2) is 48.7 Å². The number of fused-ring (bicyclic) bond motifs is 1. The Kier molecular flexibility index (Phi) is 4.90. The molecule has 2 fully saturated rings. The maximum atomic E-state index is 12.4. The number of rotatable bonds is 5. The molecular formula is C21H23N3O4. The number of carbonyl (C=O) groups is 2. The predicted molar refractivity (Wildman–Crippen MR) is 103 cm³/mol. The van der Waals surface area contributed by atoms with Gasteiger partial charge in [0.1, 0.15) is 23.5 Å². The van der Waals surface area contributed by atoms with Gasteiger partial charge in [-0.05, 0) is 24.6 Å². The van der Waals surface area contributed by atoms with E-state index in [4.69, 9.17) is 9.47 Å². The highest BCUT2D eigenvalue weighted by Crippen LogP contribution is 2.34. The number of hydrogen-bond acceptors (Lipinski definition) is 6. The molecule has 0 bridgehead atoms. The molecule has 4 rings (SSSR count). The number of aromatic nitrogens is 1. The largest absolute Gasteiger partial charge is 0.462 e. The van der Waals surface area contributed by atoms with E-state index in [1.807, 2.05) is 23.1 Å². The summed E-state index contributed by atoms with van der Waals surface area (Å²) in [7, 11) is 0. The highest BCUT2D eigenvalue weighted by atomic mass is 16.6. The Hall–Kier alpha value is -3.09. The number of piperazine rings is 1. The number of nitrogens with zero attached hydrogens (tertiary/aromatic N) is 3. The molecule has 1 aromatic heterocycles. The normalized spacial score (nSPS) is 21.2. The molecule has 0 saturated carbocycles. The lowest BCUT2D eigenvalue weighted by Gasteiger charge is -2.45. The zero-order valence-electron chi connectivity index (χ0n) is 15.8. The lowest BCUT2D eigenvalue weighted by atomic mass is 9.88. The minimum absolute atomic E-state index is 0.276. The maximum Gasteiger partial charge on any atom is 0.410 e. The van der Waals surface area contributed by atoms with Crippen molar-refractivity contribution in [2.24, 2.45) is 0 Å². The van der Waals surface area contributed by atoms with Crippen LogP contribution in [0.1, 0.15) is 22.8 Å². The summed E-state index contributed by atoms with van der Waals surface area (Å²) in [6.45, 7) is 4.04. The first-order chi connectivity index (χ1) is 13.6. The third-order valence-electron chi connectivity index (χ3n) is 5.29. The van der Waals surface area contributed by atoms with Gasteiger partial charge >= 0.3 is 12.1 Å². The molecule has 0 aliphatic carbocycles. The molecule has 146 valence electrons. The quantitative estimate of drug-likeness (QED) is 0.741. The number of carbonyl (C=O) groups excluding carboxylic acids is 2. The standard InChI is InChI=1S/C21H23N3O4/c1-2-27-19(25)17-9-6-10-22-18(17)23-11-12-24-20(26)28-15-21(24,14-23)13-16-7-4-3-5-8-16/h3-10H,2,11-15H2,1H3. The SMILES string of the molecule is CCOC(=O)c1cccnc1N1CCN2C(=O)OCC2(Cc2ccccc2)C1. The van der Waals surface area contributed by atoms with Crippen molar-refractivity contribution in [2.75, 3.05) is 37.7 Å². The molecule has 7 heteroatoms. The van der Waals surface area contributed by atoms with Gasteiger partial charge in [-0.2, -0.15) is 0 Å². The van der Waals surface area contributed by atoms with Gasteiger partial charge in [0, 0.05) is 32.3 Å². The second-order valence-corrected chi connectivity index (χ2v) is 7.11. The topological polar surface area (TPSA) is 72.0 Å². The second-order valence-electron chi connectivity index (χ2n) is 7.11. The second kappa shape index (κ2) is 7.50. The molecule has 7 nitrogen and oxygen atoms in total. The van der Waals surface area contributed by atoms with E-state index >= 15 is 0 Å². The minimum atomic E-state index is -0.486. The van der Waals surface area contributed by atoms with E-state index in [0.29, 0.717) is 50.7 Å². The number of esters is 1. The van der Waals surface area contributed by atoms with E-state index < -0.39 is 5.54 Å². The van der Waals surface area contributed by atoms with Crippen molar-refractivity contribution in [3.05, 3.63) is 59.8 Å². The number of anilines is 1. The highest BCUT2D eigenvalue weighted by Gasteiger charge is 2.51. The van der Waals surface area contributed by atoms with Crippen LogP contribution in [-0.2, 0) is 15.9 Å². The molecule has 1 amide bonds. The number of amides is 1. The summed E-state index contributed by atoms with van der Waals surface area (Å²) in [5.74, 6) is 0.205. The fourth-order valence-corrected chi connectivity index (χ4v) is 4.04. The zero-order valence-corrected chi connectivity index (χ0v) is 15.8. The molecular weight excluding hydrogens is 358 g/mol. The van der Waals surface area contributed by atoms with E-state index in [1.165, 1.54) is 0 Å². The number of ether oxygens (including phenoxy) is 2. The van der Waals surface area contributed by atoms with Gasteiger partial charge < -0.3 is 14.4 Å². The van der Waals surface area contributed by atoms with Crippen molar-refractivity contribution in [1.82, 2.24) is 9.88 Å². The van der Waals surface area contributed by atoms with Crippen molar-refractivity contribution < 1.29 is 19.1 Å². The number of pyridine rings is 1. The average molecular weight is 381 g/mol. The zero-order chi connectivity index (χ0) is 19.6. The third kappa shape index (κ3) is 3.28. The summed E-state index contributed by atoms with van der Waals surface area (Å²) in [5, 5.41) is 0. The molecule has 3 heterocycles. The Morgan fingerprint density at radius 3 is 2.82 bits per heavy atom. The van der Waals surface area contributed by atoms with Gasteiger partial charge in [0.15, 0.2) is 0 Å². The highest BCUT2D eigenvalue weighted by molar-refractivity contribution is 5.94. The lowest BCUT2D eigenvalue weighted by molar-refractivity contribution is 0.0525. The van der Waals surface area contributed by atoms with Crippen LogP contribution in [0, 0.1) is 0 Å². The molecule has 2 aromatic rings. The van der Waals surface area contributed by atoms with Gasteiger partial charge in [-0.25, -0.2) is 14.6 Å². The van der Waals surface area contributed by atoms with Crippen molar-refractivity contribution >= 4 is 17.9 Å². The maximum absolute atomic E-state index is 12.4. The van der Waals surface area contributed by atoms with Crippen molar-refractivity contribution in [1.29, 1.82) is 0 Å². The molecule has 1 unspecified atom stereocenters. The molecule has 0 N–H and O–H groups in total. The van der Waals surface area contributed by atoms with Crippen LogP contribution in [-0.4, -0.2) is 60.3 Å². The fourth-order valence-electron chi connectivity index (χ4n) is 4.04. The van der Waals surface area contributed by atoms with Crippen LogP contribution in [0.2, 0.25) is 0 Å². The van der Waals surface area contributed by atoms with Gasteiger partial charge in [0.2, 0.25) is 0 Å². The van der Waals surface area contributed by atoms with Crippen molar-refractivity contribution in [3.8, 4) is 0 Å². The Morgan fingerprint density at radius 1 is 1.21 bits per heavy atom. The van der Waals surface area contributed by atoms with Gasteiger partial charge in [0.05, 0.1) is 6.61 Å². The Morgan fingerprint density at radius 2 is 2.04 bits per heavy atom.